The van der Waals surface area contributed by atoms with Crippen LogP contribution in [0.2, 0.25) is 5.15 Å². The van der Waals surface area contributed by atoms with Crippen molar-refractivity contribution in [1.29, 1.82) is 0 Å². The van der Waals surface area contributed by atoms with Crippen LogP contribution in [0.25, 0.3) is 0 Å². The molecule has 1 N–H and O–H groups in total. The van der Waals surface area contributed by atoms with Gasteiger partial charge in [0.2, 0.25) is 15.0 Å². The van der Waals surface area contributed by atoms with Crippen LogP contribution in [-0.2, 0) is 9.84 Å². The molecule has 1 atom stereocenters. The number of hydrogen-bond acceptors (Lipinski definition) is 5. The zero-order valence-corrected chi connectivity index (χ0v) is 11.1. The zero-order valence-electron chi connectivity index (χ0n) is 9.48. The lowest BCUT2D eigenvalue weighted by Crippen LogP contribution is -2.39. The number of nitrogens with zero attached hydrogens (tertiary/aromatic N) is 2. The van der Waals surface area contributed by atoms with Crippen molar-refractivity contribution in [1.82, 2.24) is 15.3 Å². The van der Waals surface area contributed by atoms with Crippen LogP contribution in [0.3, 0.4) is 0 Å². The molecule has 1 aromatic heterocycles. The Labute approximate surface area is 106 Å². The Kier molecular flexibility index (Phi) is 3.65. The van der Waals surface area contributed by atoms with E-state index in [-0.39, 0.29) is 10.3 Å². The van der Waals surface area contributed by atoms with Crippen LogP contribution in [0.15, 0.2) is 11.2 Å². The summed E-state index contributed by atoms with van der Waals surface area (Å²) in [5, 5.41) is 2.63. The minimum Gasteiger partial charge on any atom is -0.315 e. The van der Waals surface area contributed by atoms with Gasteiger partial charge in [-0.25, -0.2) is 18.4 Å². The molecular weight excluding hydrogens is 262 g/mol. The van der Waals surface area contributed by atoms with Crippen molar-refractivity contribution < 1.29 is 8.42 Å². The second kappa shape index (κ2) is 4.88. The van der Waals surface area contributed by atoms with Crippen LogP contribution in [0, 0.1) is 6.92 Å². The first kappa shape index (κ1) is 12.7. The molecule has 0 aromatic carbocycles. The molecular formula is C10H14ClN3O2S. The highest BCUT2D eigenvalue weighted by atomic mass is 35.5. The highest BCUT2D eigenvalue weighted by molar-refractivity contribution is 7.91. The van der Waals surface area contributed by atoms with Crippen LogP contribution in [0.5, 0.6) is 0 Å². The van der Waals surface area contributed by atoms with Crippen molar-refractivity contribution in [2.24, 2.45) is 0 Å². The molecule has 2 rings (SSSR count). The maximum absolute atomic E-state index is 12.3. The molecule has 1 aliphatic heterocycles. The van der Waals surface area contributed by atoms with E-state index in [2.05, 4.69) is 15.3 Å². The van der Waals surface area contributed by atoms with Crippen molar-refractivity contribution in [2.45, 2.75) is 30.2 Å². The maximum Gasteiger partial charge on any atom is 0.249 e. The Morgan fingerprint density at radius 3 is 2.82 bits per heavy atom. The van der Waals surface area contributed by atoms with E-state index < -0.39 is 15.1 Å². The van der Waals surface area contributed by atoms with Gasteiger partial charge in [-0.05, 0) is 32.4 Å². The minimum atomic E-state index is -3.48. The Hall–Kier alpha value is -0.720. The summed E-state index contributed by atoms with van der Waals surface area (Å²) in [4.78, 5) is 7.79. The second-order valence-corrected chi connectivity index (χ2v) is 6.64. The summed E-state index contributed by atoms with van der Waals surface area (Å²) in [5.41, 5.74) is 0.562. The zero-order chi connectivity index (χ0) is 12.5. The summed E-state index contributed by atoms with van der Waals surface area (Å²) in [6.45, 7) is 3.02. The van der Waals surface area contributed by atoms with Gasteiger partial charge in [0.05, 0.1) is 5.25 Å². The van der Waals surface area contributed by atoms with Gasteiger partial charge in [-0.15, -0.1) is 0 Å². The Bertz CT molecular complexity index is 492. The van der Waals surface area contributed by atoms with E-state index in [1.165, 1.54) is 0 Å². The summed E-state index contributed by atoms with van der Waals surface area (Å²) >= 11 is 5.76. The molecule has 5 nitrogen and oxygen atoms in total. The molecule has 1 aliphatic rings. The first-order valence-electron chi connectivity index (χ1n) is 5.46. The third-order valence-electron chi connectivity index (χ3n) is 2.75. The van der Waals surface area contributed by atoms with E-state index in [1.54, 1.807) is 13.0 Å². The summed E-state index contributed by atoms with van der Waals surface area (Å²) in [6.07, 6.45) is 1.49. The summed E-state index contributed by atoms with van der Waals surface area (Å²) < 4.78 is 24.5. The van der Waals surface area contributed by atoms with Crippen molar-refractivity contribution in [3.63, 3.8) is 0 Å². The van der Waals surface area contributed by atoms with Crippen molar-refractivity contribution in [3.8, 4) is 0 Å². The van der Waals surface area contributed by atoms with Crippen LogP contribution in [-0.4, -0.2) is 36.7 Å². The predicted molar refractivity (Wildman–Crippen MR) is 64.9 cm³/mol. The SMILES string of the molecule is Cc1cc(Cl)nc(S(=O)(=O)[C@@H]2CCCNC2)n1. The van der Waals surface area contributed by atoms with Gasteiger partial charge >= 0.3 is 0 Å². The van der Waals surface area contributed by atoms with E-state index in [4.69, 9.17) is 11.6 Å². The second-order valence-electron chi connectivity index (χ2n) is 4.13. The van der Waals surface area contributed by atoms with Gasteiger partial charge in [0.25, 0.3) is 0 Å². The molecule has 0 aliphatic carbocycles. The average molecular weight is 276 g/mol. The fourth-order valence-corrected chi connectivity index (χ4v) is 3.76. The van der Waals surface area contributed by atoms with E-state index >= 15 is 0 Å². The number of nitrogens with one attached hydrogen (secondary N) is 1. The van der Waals surface area contributed by atoms with Crippen molar-refractivity contribution in [3.05, 3.63) is 16.9 Å². The molecule has 1 saturated heterocycles. The number of aromatic nitrogens is 2. The summed E-state index contributed by atoms with van der Waals surface area (Å²) in [6, 6.07) is 1.54. The summed E-state index contributed by atoms with van der Waals surface area (Å²) in [5.74, 6) is 0. The molecule has 0 unspecified atom stereocenters. The number of sulfone groups is 1. The van der Waals surface area contributed by atoms with Gasteiger partial charge in [0, 0.05) is 12.2 Å². The number of piperidine rings is 1. The molecule has 0 radical (unpaired) electrons. The molecule has 94 valence electrons. The molecule has 0 amide bonds. The number of hydrogen-bond donors (Lipinski definition) is 1. The lowest BCUT2D eigenvalue weighted by Gasteiger charge is -2.21. The van der Waals surface area contributed by atoms with Crippen molar-refractivity contribution in [2.75, 3.05) is 13.1 Å². The molecule has 2 heterocycles. The van der Waals surface area contributed by atoms with Crippen LogP contribution >= 0.6 is 11.6 Å². The maximum atomic E-state index is 12.3. The highest BCUT2D eigenvalue weighted by Gasteiger charge is 2.31. The topological polar surface area (TPSA) is 72.0 Å². The normalized spacial score (nSPS) is 21.4. The van der Waals surface area contributed by atoms with Gasteiger partial charge in [0.15, 0.2) is 0 Å². The number of halogens is 1. The first-order chi connectivity index (χ1) is 8.00. The monoisotopic (exact) mass is 275 g/mol. The fraction of sp³-hybridized carbons (Fsp3) is 0.600. The van der Waals surface area contributed by atoms with Gasteiger partial charge in [-0.1, -0.05) is 11.6 Å². The van der Waals surface area contributed by atoms with Gasteiger partial charge < -0.3 is 5.32 Å². The van der Waals surface area contributed by atoms with E-state index in [1.807, 2.05) is 0 Å². The van der Waals surface area contributed by atoms with Crippen LogP contribution < -0.4 is 5.32 Å². The Balaban J connectivity index is 2.36. The van der Waals surface area contributed by atoms with Crippen molar-refractivity contribution >= 4 is 21.4 Å². The van der Waals surface area contributed by atoms with E-state index in [0.717, 1.165) is 13.0 Å². The van der Waals surface area contributed by atoms with E-state index in [9.17, 15) is 8.42 Å². The van der Waals surface area contributed by atoms with Gasteiger partial charge in [-0.2, -0.15) is 0 Å². The molecule has 0 spiro atoms. The largest absolute Gasteiger partial charge is 0.315 e. The summed E-state index contributed by atoms with van der Waals surface area (Å²) in [7, 11) is -3.48. The number of aryl methyl sites for hydroxylation is 1. The quantitative estimate of drug-likeness (QED) is 0.643. The van der Waals surface area contributed by atoms with E-state index in [0.29, 0.717) is 18.7 Å². The lowest BCUT2D eigenvalue weighted by atomic mass is 10.2. The van der Waals surface area contributed by atoms with Gasteiger partial charge in [0.1, 0.15) is 5.15 Å². The highest BCUT2D eigenvalue weighted by Crippen LogP contribution is 2.19. The van der Waals surface area contributed by atoms with Crippen LogP contribution in [0.1, 0.15) is 18.5 Å². The Morgan fingerprint density at radius 1 is 1.47 bits per heavy atom. The molecule has 1 aromatic rings. The molecule has 1 fully saturated rings. The predicted octanol–water partition coefficient (Wildman–Crippen LogP) is 0.964. The third kappa shape index (κ3) is 2.75. The Morgan fingerprint density at radius 2 is 2.24 bits per heavy atom. The third-order valence-corrected chi connectivity index (χ3v) is 4.91. The smallest absolute Gasteiger partial charge is 0.249 e. The molecule has 0 saturated carbocycles. The van der Waals surface area contributed by atoms with Crippen LogP contribution in [0.4, 0.5) is 0 Å². The molecule has 7 heteroatoms. The van der Waals surface area contributed by atoms with Gasteiger partial charge in [-0.3, -0.25) is 0 Å². The standard InChI is InChI=1S/C10H14ClN3O2S/c1-7-5-9(11)14-10(13-7)17(15,16)8-3-2-4-12-6-8/h5,8,12H,2-4,6H2,1H3/t8-/m1/s1. The number of rotatable bonds is 2. The molecule has 17 heavy (non-hydrogen) atoms. The minimum absolute atomic E-state index is 0.156. The average Bonchev–Trinajstić information content (AvgIpc) is 2.29. The fourth-order valence-electron chi connectivity index (χ4n) is 1.87. The first-order valence-corrected chi connectivity index (χ1v) is 7.38. The molecule has 0 bridgehead atoms. The lowest BCUT2D eigenvalue weighted by molar-refractivity contribution is 0.493.